The lowest BCUT2D eigenvalue weighted by Crippen LogP contribution is -2.24. The molecule has 1 aliphatic heterocycles. The molecule has 2 aliphatic rings. The van der Waals surface area contributed by atoms with Crippen LogP contribution in [0.3, 0.4) is 0 Å². The molecule has 1 saturated carbocycles. The largest absolute Gasteiger partial charge is 0.464 e. The molecule has 0 amide bonds. The molecule has 7 heteroatoms. The minimum Gasteiger partial charge on any atom is -0.464 e. The zero-order valence-corrected chi connectivity index (χ0v) is 16.4. The maximum atomic E-state index is 13.4. The summed E-state index contributed by atoms with van der Waals surface area (Å²) in [5.74, 6) is 0.835. The van der Waals surface area contributed by atoms with Gasteiger partial charge in [0.15, 0.2) is 5.69 Å². The fourth-order valence-corrected chi connectivity index (χ4v) is 4.87. The molecule has 0 N–H and O–H groups in total. The van der Waals surface area contributed by atoms with Gasteiger partial charge in [-0.05, 0) is 66.8 Å². The van der Waals surface area contributed by atoms with Crippen molar-refractivity contribution in [3.63, 3.8) is 0 Å². The molecule has 0 bridgehead atoms. The Morgan fingerprint density at radius 2 is 1.79 bits per heavy atom. The minimum absolute atomic E-state index is 0.0685. The van der Waals surface area contributed by atoms with E-state index in [1.165, 1.54) is 19.2 Å². The molecule has 0 unspecified atom stereocenters. The van der Waals surface area contributed by atoms with Crippen LogP contribution in [0.1, 0.15) is 45.9 Å². The number of fused-ring (bicyclic) bond motifs is 1. The predicted molar refractivity (Wildman–Crippen MR) is 103 cm³/mol. The molecule has 1 aliphatic carbocycles. The first-order valence-corrected chi connectivity index (χ1v) is 9.74. The molecule has 3 atom stereocenters. The average Bonchev–Trinajstić information content (AvgIpc) is 3.25. The summed E-state index contributed by atoms with van der Waals surface area (Å²) in [5, 5.41) is 0. The quantitative estimate of drug-likeness (QED) is 0.688. The number of alkyl halides is 3. The highest BCUT2D eigenvalue weighted by molar-refractivity contribution is 5.87. The van der Waals surface area contributed by atoms with Crippen LogP contribution in [0.2, 0.25) is 0 Å². The first-order chi connectivity index (χ1) is 13.8. The van der Waals surface area contributed by atoms with Gasteiger partial charge in [0, 0.05) is 13.1 Å². The number of methoxy groups -OCH3 is 1. The number of anilines is 1. The van der Waals surface area contributed by atoms with Gasteiger partial charge in [0.2, 0.25) is 0 Å². The molecule has 2 heterocycles. The number of esters is 1. The van der Waals surface area contributed by atoms with E-state index in [2.05, 4.69) is 9.88 Å². The summed E-state index contributed by atoms with van der Waals surface area (Å²) in [4.78, 5) is 18.4. The second kappa shape index (κ2) is 7.35. The highest BCUT2D eigenvalue weighted by Crippen LogP contribution is 2.49. The summed E-state index contributed by atoms with van der Waals surface area (Å²) in [6, 6.07) is 9.57. The van der Waals surface area contributed by atoms with Gasteiger partial charge in [0.25, 0.3) is 0 Å². The van der Waals surface area contributed by atoms with E-state index in [-0.39, 0.29) is 11.6 Å². The van der Waals surface area contributed by atoms with Crippen LogP contribution < -0.4 is 4.90 Å². The first kappa shape index (κ1) is 19.7. The molecule has 1 saturated heterocycles. The normalized spacial score (nSPS) is 23.9. The standard InChI is InChI=1S/C22H23F3N2O2/c1-13-7-19(21(28)29-2)26-20(8-13)27-11-15-9-14(10-16(15)12-27)17-5-3-4-6-18(17)22(23,24)25/h3-8,14-16H,9-12H2,1-2H3/t14-,15+,16-. The van der Waals surface area contributed by atoms with E-state index < -0.39 is 17.7 Å². The Bertz CT molecular complexity index is 915. The lowest BCUT2D eigenvalue weighted by atomic mass is 9.91. The summed E-state index contributed by atoms with van der Waals surface area (Å²) in [6.45, 7) is 3.39. The summed E-state index contributed by atoms with van der Waals surface area (Å²) >= 11 is 0. The fourth-order valence-electron chi connectivity index (χ4n) is 4.87. The topological polar surface area (TPSA) is 42.4 Å². The van der Waals surface area contributed by atoms with Crippen LogP contribution in [0.15, 0.2) is 36.4 Å². The van der Waals surface area contributed by atoms with Crippen molar-refractivity contribution in [1.29, 1.82) is 0 Å². The van der Waals surface area contributed by atoms with Crippen LogP contribution in [-0.4, -0.2) is 31.2 Å². The second-order valence-corrected chi connectivity index (χ2v) is 8.06. The molecular weight excluding hydrogens is 381 g/mol. The van der Waals surface area contributed by atoms with Crippen molar-refractivity contribution >= 4 is 11.8 Å². The van der Waals surface area contributed by atoms with Crippen molar-refractivity contribution in [2.24, 2.45) is 11.8 Å². The predicted octanol–water partition coefficient (Wildman–Crippen LogP) is 4.83. The molecule has 4 rings (SSSR count). The van der Waals surface area contributed by atoms with Crippen molar-refractivity contribution in [2.75, 3.05) is 25.1 Å². The van der Waals surface area contributed by atoms with Gasteiger partial charge in [0.05, 0.1) is 12.7 Å². The number of carbonyl (C=O) groups excluding carboxylic acids is 1. The number of rotatable bonds is 3. The monoisotopic (exact) mass is 404 g/mol. The third-order valence-corrected chi connectivity index (χ3v) is 6.13. The summed E-state index contributed by atoms with van der Waals surface area (Å²) in [7, 11) is 1.32. The van der Waals surface area contributed by atoms with Crippen LogP contribution in [-0.2, 0) is 10.9 Å². The smallest absolute Gasteiger partial charge is 0.416 e. The summed E-state index contributed by atoms with van der Waals surface area (Å²) in [6.07, 6.45) is -2.84. The van der Waals surface area contributed by atoms with Gasteiger partial charge in [-0.1, -0.05) is 18.2 Å². The first-order valence-electron chi connectivity index (χ1n) is 9.74. The number of pyridine rings is 1. The zero-order valence-electron chi connectivity index (χ0n) is 16.4. The SMILES string of the molecule is COC(=O)c1cc(C)cc(N2C[C@H]3C[C@H](c4ccccc4C(F)(F)F)C[C@H]3C2)n1. The van der Waals surface area contributed by atoms with E-state index in [0.717, 1.165) is 37.3 Å². The van der Waals surface area contributed by atoms with E-state index >= 15 is 0 Å². The maximum Gasteiger partial charge on any atom is 0.416 e. The summed E-state index contributed by atoms with van der Waals surface area (Å²) in [5.41, 5.74) is 1.11. The number of aromatic nitrogens is 1. The maximum absolute atomic E-state index is 13.4. The molecule has 0 radical (unpaired) electrons. The average molecular weight is 404 g/mol. The Morgan fingerprint density at radius 1 is 1.14 bits per heavy atom. The number of hydrogen-bond donors (Lipinski definition) is 0. The lowest BCUT2D eigenvalue weighted by Gasteiger charge is -2.22. The van der Waals surface area contributed by atoms with Crippen molar-refractivity contribution in [2.45, 2.75) is 31.9 Å². The molecule has 1 aromatic heterocycles. The number of halogens is 3. The van der Waals surface area contributed by atoms with E-state index in [1.807, 2.05) is 13.0 Å². The molecule has 2 aromatic rings. The number of hydrogen-bond acceptors (Lipinski definition) is 4. The van der Waals surface area contributed by atoms with Crippen molar-refractivity contribution < 1.29 is 22.7 Å². The number of benzene rings is 1. The third kappa shape index (κ3) is 3.82. The van der Waals surface area contributed by atoms with Crippen LogP contribution in [0.25, 0.3) is 0 Å². The molecule has 29 heavy (non-hydrogen) atoms. The Balaban J connectivity index is 1.51. The van der Waals surface area contributed by atoms with Gasteiger partial charge in [-0.15, -0.1) is 0 Å². The Kier molecular flexibility index (Phi) is 5.00. The summed E-state index contributed by atoms with van der Waals surface area (Å²) < 4.78 is 44.9. The van der Waals surface area contributed by atoms with Gasteiger partial charge in [0.1, 0.15) is 5.82 Å². The molecule has 1 aromatic carbocycles. The Hall–Kier alpha value is -2.57. The van der Waals surface area contributed by atoms with Crippen LogP contribution in [0.4, 0.5) is 19.0 Å². The minimum atomic E-state index is -4.32. The van der Waals surface area contributed by atoms with E-state index in [9.17, 15) is 18.0 Å². The number of carbonyl (C=O) groups is 1. The van der Waals surface area contributed by atoms with Crippen molar-refractivity contribution in [3.05, 3.63) is 58.8 Å². The second-order valence-electron chi connectivity index (χ2n) is 8.06. The van der Waals surface area contributed by atoms with Crippen LogP contribution in [0.5, 0.6) is 0 Å². The highest BCUT2D eigenvalue weighted by Gasteiger charge is 2.44. The number of aryl methyl sites for hydroxylation is 1. The zero-order chi connectivity index (χ0) is 20.8. The Morgan fingerprint density at radius 3 is 2.41 bits per heavy atom. The van der Waals surface area contributed by atoms with Crippen LogP contribution >= 0.6 is 0 Å². The highest BCUT2D eigenvalue weighted by atomic mass is 19.4. The molecule has 4 nitrogen and oxygen atoms in total. The molecule has 0 spiro atoms. The van der Waals surface area contributed by atoms with Gasteiger partial charge in [-0.3, -0.25) is 0 Å². The fraction of sp³-hybridized carbons (Fsp3) is 0.455. The van der Waals surface area contributed by atoms with Crippen molar-refractivity contribution in [3.8, 4) is 0 Å². The molecular formula is C22H23F3N2O2. The van der Waals surface area contributed by atoms with Crippen LogP contribution in [0, 0.1) is 18.8 Å². The van der Waals surface area contributed by atoms with Gasteiger partial charge >= 0.3 is 12.1 Å². The van der Waals surface area contributed by atoms with E-state index in [1.54, 1.807) is 18.2 Å². The third-order valence-electron chi connectivity index (χ3n) is 6.13. The molecule has 2 fully saturated rings. The molecule has 154 valence electrons. The van der Waals surface area contributed by atoms with Gasteiger partial charge in [-0.25, -0.2) is 9.78 Å². The van der Waals surface area contributed by atoms with E-state index in [4.69, 9.17) is 4.74 Å². The number of nitrogens with zero attached hydrogens (tertiary/aromatic N) is 2. The van der Waals surface area contributed by atoms with E-state index in [0.29, 0.717) is 17.4 Å². The number of ether oxygens (including phenoxy) is 1. The van der Waals surface area contributed by atoms with Gasteiger partial charge in [-0.2, -0.15) is 13.2 Å². The lowest BCUT2D eigenvalue weighted by molar-refractivity contribution is -0.138. The van der Waals surface area contributed by atoms with Crippen molar-refractivity contribution in [1.82, 2.24) is 4.98 Å². The Labute approximate surface area is 167 Å². The van der Waals surface area contributed by atoms with Gasteiger partial charge < -0.3 is 9.64 Å².